The number of ether oxygens (including phenoxy) is 7. The Morgan fingerprint density at radius 3 is 2.21 bits per heavy atom. The predicted octanol–water partition coefficient (Wildman–Crippen LogP) is -4.50. The van der Waals surface area contributed by atoms with E-state index in [1.54, 1.807) is 0 Å². The molecule has 3 aliphatic rings. The second-order valence-corrected chi connectivity index (χ2v) is 8.35. The highest BCUT2D eigenvalue weighted by Gasteiger charge is 2.54. The Kier molecular flexibility index (Phi) is 9.18. The van der Waals surface area contributed by atoms with Gasteiger partial charge in [-0.1, -0.05) is 0 Å². The number of aliphatic carboxylic acids is 1. The smallest absolute Gasteiger partial charge is 0.335 e. The number of carboxylic acids is 1. The lowest BCUT2D eigenvalue weighted by Crippen LogP contribution is -2.66. The third kappa shape index (κ3) is 5.36. The number of hydrogen-bond donors (Lipinski definition) is 7. The molecular formula is C19H32O15. The summed E-state index contributed by atoms with van der Waals surface area (Å²) in [7, 11) is 2.41. The van der Waals surface area contributed by atoms with Crippen molar-refractivity contribution >= 4 is 5.97 Å². The van der Waals surface area contributed by atoms with E-state index in [9.17, 15) is 40.5 Å². The zero-order valence-electron chi connectivity index (χ0n) is 18.6. The molecule has 15 nitrogen and oxygen atoms in total. The summed E-state index contributed by atoms with van der Waals surface area (Å²) in [6.45, 7) is -1.18. The zero-order chi connectivity index (χ0) is 25.2. The summed E-state index contributed by atoms with van der Waals surface area (Å²) in [6.07, 6.45) is -16.9. The minimum atomic E-state index is -2.00. The molecule has 34 heavy (non-hydrogen) atoms. The van der Waals surface area contributed by atoms with Crippen molar-refractivity contribution in [2.24, 2.45) is 0 Å². The molecule has 7 unspecified atom stereocenters. The van der Waals surface area contributed by atoms with Crippen molar-refractivity contribution in [2.45, 2.75) is 79.7 Å². The van der Waals surface area contributed by atoms with Crippen molar-refractivity contribution in [2.75, 3.05) is 34.0 Å². The van der Waals surface area contributed by atoms with Gasteiger partial charge >= 0.3 is 5.97 Å². The van der Waals surface area contributed by atoms with Crippen LogP contribution in [0.3, 0.4) is 0 Å². The molecule has 198 valence electrons. The summed E-state index contributed by atoms with van der Waals surface area (Å²) in [4.78, 5) is 11.6. The van der Waals surface area contributed by atoms with Crippen LogP contribution in [0, 0.1) is 0 Å². The molecule has 0 saturated carbocycles. The Balaban J connectivity index is 1.80. The topological polar surface area (TPSA) is 223 Å². The molecule has 0 spiro atoms. The molecule has 3 saturated heterocycles. The Morgan fingerprint density at radius 1 is 0.941 bits per heavy atom. The summed E-state index contributed by atoms with van der Waals surface area (Å²) >= 11 is 0. The molecule has 3 rings (SSSR count). The van der Waals surface area contributed by atoms with Gasteiger partial charge in [-0.25, -0.2) is 4.79 Å². The lowest BCUT2D eigenvalue weighted by molar-refractivity contribution is -0.375. The lowest BCUT2D eigenvalue weighted by atomic mass is 9.90. The summed E-state index contributed by atoms with van der Waals surface area (Å²) in [6, 6.07) is 0. The lowest BCUT2D eigenvalue weighted by Gasteiger charge is -2.48. The van der Waals surface area contributed by atoms with Crippen LogP contribution in [-0.4, -0.2) is 149 Å². The first-order chi connectivity index (χ1) is 16.1. The third-order valence-electron chi connectivity index (χ3n) is 6.18. The van der Waals surface area contributed by atoms with Gasteiger partial charge in [-0.05, 0) is 0 Å². The van der Waals surface area contributed by atoms with E-state index in [0.29, 0.717) is 0 Å². The van der Waals surface area contributed by atoms with E-state index in [1.165, 1.54) is 7.11 Å². The van der Waals surface area contributed by atoms with Crippen LogP contribution in [0.4, 0.5) is 0 Å². The number of hydrogen-bond acceptors (Lipinski definition) is 14. The molecule has 0 amide bonds. The monoisotopic (exact) mass is 500 g/mol. The second kappa shape index (κ2) is 11.3. The van der Waals surface area contributed by atoms with E-state index in [4.69, 9.17) is 33.2 Å². The molecular weight excluding hydrogens is 468 g/mol. The maximum Gasteiger partial charge on any atom is 0.335 e. The van der Waals surface area contributed by atoms with Crippen LogP contribution in [-0.2, 0) is 38.0 Å². The molecule has 3 fully saturated rings. The van der Waals surface area contributed by atoms with Crippen LogP contribution < -0.4 is 0 Å². The third-order valence-corrected chi connectivity index (χ3v) is 6.18. The first-order valence-corrected chi connectivity index (χ1v) is 10.6. The summed E-state index contributed by atoms with van der Waals surface area (Å²) in [5.41, 5.74) is -2.00. The number of rotatable bonds is 8. The SMILES string of the molecule is CO[C@@H]1OC[C@@H](O[C@@H]2OCCC(O)(CO)C2O[C@H]2OC(C(=O)O)[C@@H](OC)C(O)C2O)C(O)C1O. The van der Waals surface area contributed by atoms with Crippen LogP contribution >= 0.6 is 0 Å². The molecule has 12 atom stereocenters. The Hall–Kier alpha value is -1.05. The first-order valence-electron chi connectivity index (χ1n) is 10.6. The van der Waals surface area contributed by atoms with Crippen LogP contribution in [0.15, 0.2) is 0 Å². The van der Waals surface area contributed by atoms with Gasteiger partial charge < -0.3 is 68.9 Å². The average Bonchev–Trinajstić information content (AvgIpc) is 2.81. The number of aliphatic hydroxyl groups excluding tert-OH is 5. The molecule has 0 aromatic heterocycles. The van der Waals surface area contributed by atoms with Crippen LogP contribution in [0.25, 0.3) is 0 Å². The van der Waals surface area contributed by atoms with Gasteiger partial charge in [-0.3, -0.25) is 0 Å². The molecule has 3 aliphatic heterocycles. The van der Waals surface area contributed by atoms with E-state index >= 15 is 0 Å². The highest BCUT2D eigenvalue weighted by Crippen LogP contribution is 2.34. The second-order valence-electron chi connectivity index (χ2n) is 8.35. The van der Waals surface area contributed by atoms with Gasteiger partial charge in [0.2, 0.25) is 0 Å². The number of carbonyl (C=O) groups is 1. The highest BCUT2D eigenvalue weighted by atomic mass is 16.8. The average molecular weight is 500 g/mol. The molecule has 0 aromatic rings. The van der Waals surface area contributed by atoms with Crippen molar-refractivity contribution < 1.29 is 73.7 Å². The molecule has 7 N–H and O–H groups in total. The van der Waals surface area contributed by atoms with Gasteiger partial charge in [0.25, 0.3) is 0 Å². The van der Waals surface area contributed by atoms with Crippen molar-refractivity contribution in [1.29, 1.82) is 0 Å². The van der Waals surface area contributed by atoms with Gasteiger partial charge in [0.1, 0.15) is 48.3 Å². The van der Waals surface area contributed by atoms with E-state index < -0.39 is 85.9 Å². The Morgan fingerprint density at radius 2 is 1.62 bits per heavy atom. The molecule has 0 aromatic carbocycles. The van der Waals surface area contributed by atoms with E-state index in [1.807, 2.05) is 0 Å². The number of aliphatic hydroxyl groups is 6. The minimum Gasteiger partial charge on any atom is -0.479 e. The van der Waals surface area contributed by atoms with Gasteiger partial charge in [-0.2, -0.15) is 0 Å². The standard InChI is InChI=1S/C19H32O15/c1-28-12-9(22)11(24)17(33-13(12)15(25)26)34-14-18(30-4-3-19(14,27)6-20)32-7-5-31-16(29-2)10(23)8(7)21/h7-14,16-18,20-24,27H,3-6H2,1-2H3,(H,25,26)/t7-,8?,9?,10?,11?,12+,13?,14?,16-,17-,18+,19?/m1/s1. The Bertz CT molecular complexity index is 680. The van der Waals surface area contributed by atoms with Gasteiger partial charge in [0, 0.05) is 20.6 Å². The van der Waals surface area contributed by atoms with Crippen LogP contribution in [0.1, 0.15) is 6.42 Å². The Labute approximate surface area is 194 Å². The predicted molar refractivity (Wildman–Crippen MR) is 104 cm³/mol. The van der Waals surface area contributed by atoms with Crippen molar-refractivity contribution in [3.05, 3.63) is 0 Å². The zero-order valence-corrected chi connectivity index (χ0v) is 18.6. The summed E-state index contributed by atoms with van der Waals surface area (Å²) < 4.78 is 37.2. The fraction of sp³-hybridized carbons (Fsp3) is 0.947. The van der Waals surface area contributed by atoms with Crippen molar-refractivity contribution in [1.82, 2.24) is 0 Å². The maximum atomic E-state index is 11.6. The van der Waals surface area contributed by atoms with E-state index in [-0.39, 0.29) is 19.6 Å². The van der Waals surface area contributed by atoms with E-state index in [0.717, 1.165) is 7.11 Å². The van der Waals surface area contributed by atoms with Gasteiger partial charge in [0.15, 0.2) is 25.0 Å². The van der Waals surface area contributed by atoms with Gasteiger partial charge in [0.05, 0.1) is 19.8 Å². The summed E-state index contributed by atoms with van der Waals surface area (Å²) in [5, 5.41) is 71.5. The van der Waals surface area contributed by atoms with E-state index in [2.05, 4.69) is 0 Å². The van der Waals surface area contributed by atoms with Crippen LogP contribution in [0.2, 0.25) is 0 Å². The largest absolute Gasteiger partial charge is 0.479 e. The number of carboxylic acid groups (broad SMARTS) is 1. The van der Waals surface area contributed by atoms with Gasteiger partial charge in [-0.15, -0.1) is 0 Å². The highest BCUT2D eigenvalue weighted by molar-refractivity contribution is 5.73. The summed E-state index contributed by atoms with van der Waals surface area (Å²) in [5.74, 6) is -1.50. The first kappa shape index (κ1) is 27.5. The number of methoxy groups -OCH3 is 2. The maximum absolute atomic E-state index is 11.6. The fourth-order valence-corrected chi connectivity index (χ4v) is 4.13. The molecule has 3 heterocycles. The minimum absolute atomic E-state index is 0.102. The molecule has 15 heteroatoms. The quantitative estimate of drug-likeness (QED) is 0.167. The molecule has 0 bridgehead atoms. The van der Waals surface area contributed by atoms with Crippen molar-refractivity contribution in [3.63, 3.8) is 0 Å². The van der Waals surface area contributed by atoms with Crippen molar-refractivity contribution in [3.8, 4) is 0 Å². The normalized spacial score (nSPS) is 47.9. The fourth-order valence-electron chi connectivity index (χ4n) is 4.13. The van der Waals surface area contributed by atoms with Crippen LogP contribution in [0.5, 0.6) is 0 Å². The molecule has 0 radical (unpaired) electrons. The molecule has 0 aliphatic carbocycles.